The zero-order chi connectivity index (χ0) is 22.7. The zero-order valence-electron chi connectivity index (χ0n) is 17.4. The highest BCUT2D eigenvalue weighted by molar-refractivity contribution is 7.14. The van der Waals surface area contributed by atoms with Crippen molar-refractivity contribution in [2.45, 2.75) is 26.4 Å². The number of pyridine rings is 1. The second kappa shape index (κ2) is 9.23. The quantitative estimate of drug-likeness (QED) is 0.404. The fourth-order valence-corrected chi connectivity index (χ4v) is 3.83. The van der Waals surface area contributed by atoms with Crippen LogP contribution in [0.4, 0.5) is 13.9 Å². The number of carbonyl (C=O) groups excluding carboxylic acids is 1. The van der Waals surface area contributed by atoms with E-state index in [0.29, 0.717) is 34.3 Å². The number of nitrogens with one attached hydrogen (secondary N) is 1. The fourth-order valence-electron chi connectivity index (χ4n) is 3.16. The van der Waals surface area contributed by atoms with Gasteiger partial charge in [-0.3, -0.25) is 10.1 Å². The Hall–Kier alpha value is -3.66. The van der Waals surface area contributed by atoms with Crippen molar-refractivity contribution in [1.82, 2.24) is 24.1 Å². The Balaban J connectivity index is 1.45. The number of carbonyl (C=O) groups is 1. The average Bonchev–Trinajstić information content (AvgIpc) is 3.47. The van der Waals surface area contributed by atoms with Crippen LogP contribution in [-0.4, -0.2) is 30.0 Å². The molecule has 4 heterocycles. The number of rotatable bonds is 7. The Bertz CT molecular complexity index is 1270. The lowest BCUT2D eigenvalue weighted by Crippen LogP contribution is -2.17. The summed E-state index contributed by atoms with van der Waals surface area (Å²) in [6.07, 6.45) is 7.88. The van der Waals surface area contributed by atoms with E-state index < -0.39 is 11.9 Å². The third-order valence-electron chi connectivity index (χ3n) is 4.70. The van der Waals surface area contributed by atoms with Crippen LogP contribution < -0.4 is 5.32 Å². The minimum atomic E-state index is -0.569. The number of hydrogen-bond donors (Lipinski definition) is 1. The van der Waals surface area contributed by atoms with Crippen LogP contribution in [0.25, 0.3) is 12.2 Å². The number of nitrogens with zero attached hydrogens (tertiary/aromatic N) is 5. The third kappa shape index (κ3) is 4.80. The van der Waals surface area contributed by atoms with E-state index >= 15 is 0 Å². The summed E-state index contributed by atoms with van der Waals surface area (Å²) in [7, 11) is 0. The molecule has 0 aliphatic heterocycles. The first-order valence-corrected chi connectivity index (χ1v) is 10.7. The molecule has 0 aromatic carbocycles. The molecule has 0 unspecified atom stereocenters. The minimum Gasteiger partial charge on any atom is -0.339 e. The SMILES string of the molecule is CC(C)n1cnc(F)c1/C=C/c1csc(NC(=O)c2cccn2Cc2ccnc(F)c2)n1. The molecule has 1 amide bonds. The molecule has 7 nitrogen and oxygen atoms in total. The molecule has 0 aliphatic carbocycles. The van der Waals surface area contributed by atoms with Gasteiger partial charge in [-0.1, -0.05) is 0 Å². The second-order valence-electron chi connectivity index (χ2n) is 7.29. The first-order chi connectivity index (χ1) is 15.4. The molecule has 0 spiro atoms. The lowest BCUT2D eigenvalue weighted by molar-refractivity contribution is 0.101. The van der Waals surface area contributed by atoms with Crippen LogP contribution >= 0.6 is 11.3 Å². The molecule has 4 rings (SSSR count). The molecule has 4 aromatic heterocycles. The van der Waals surface area contributed by atoms with Gasteiger partial charge in [-0.15, -0.1) is 11.3 Å². The Labute approximate surface area is 187 Å². The Morgan fingerprint density at radius 3 is 2.88 bits per heavy atom. The molecule has 0 saturated heterocycles. The third-order valence-corrected chi connectivity index (χ3v) is 5.48. The van der Waals surface area contributed by atoms with E-state index in [-0.39, 0.29) is 11.9 Å². The Kier molecular flexibility index (Phi) is 6.22. The van der Waals surface area contributed by atoms with Gasteiger partial charge in [0, 0.05) is 30.4 Å². The lowest BCUT2D eigenvalue weighted by atomic mass is 10.2. The molecule has 0 atom stereocenters. The highest BCUT2D eigenvalue weighted by atomic mass is 32.1. The number of amides is 1. The van der Waals surface area contributed by atoms with Crippen molar-refractivity contribution in [3.05, 3.63) is 82.9 Å². The summed E-state index contributed by atoms with van der Waals surface area (Å²) in [5.74, 6) is -1.45. The van der Waals surface area contributed by atoms with E-state index in [1.807, 2.05) is 13.8 Å². The van der Waals surface area contributed by atoms with E-state index in [9.17, 15) is 13.6 Å². The van der Waals surface area contributed by atoms with E-state index in [4.69, 9.17) is 0 Å². The number of imidazole rings is 1. The molecular formula is C22H20F2N6OS. The summed E-state index contributed by atoms with van der Waals surface area (Å²) in [4.78, 5) is 24.4. The van der Waals surface area contributed by atoms with Crippen LogP contribution in [0.3, 0.4) is 0 Å². The standard InChI is InChI=1S/C22H20F2N6OS/c1-14(2)30-13-26-20(24)17(30)6-5-16-12-32-22(27-16)28-21(31)18-4-3-9-29(18)11-15-7-8-25-19(23)10-15/h3-10,12-14H,11H2,1-2H3,(H,27,28,31)/b6-5+. The molecule has 0 saturated carbocycles. The largest absolute Gasteiger partial charge is 0.339 e. The summed E-state index contributed by atoms with van der Waals surface area (Å²) in [5, 5.41) is 4.95. The van der Waals surface area contributed by atoms with Gasteiger partial charge in [-0.05, 0) is 55.8 Å². The number of thiazole rings is 1. The molecule has 0 bridgehead atoms. The maximum absolute atomic E-state index is 13.9. The number of hydrogen-bond acceptors (Lipinski definition) is 5. The van der Waals surface area contributed by atoms with Crippen molar-refractivity contribution in [1.29, 1.82) is 0 Å². The Morgan fingerprint density at radius 1 is 1.25 bits per heavy atom. The number of anilines is 1. The predicted molar refractivity (Wildman–Crippen MR) is 119 cm³/mol. The number of halogens is 2. The van der Waals surface area contributed by atoms with E-state index in [0.717, 1.165) is 0 Å². The van der Waals surface area contributed by atoms with Gasteiger partial charge in [0.1, 0.15) is 5.69 Å². The highest BCUT2D eigenvalue weighted by Crippen LogP contribution is 2.20. The fraction of sp³-hybridized carbons (Fsp3) is 0.182. The molecular weight excluding hydrogens is 434 g/mol. The topological polar surface area (TPSA) is 77.6 Å². The van der Waals surface area contributed by atoms with Gasteiger partial charge in [-0.2, -0.15) is 8.78 Å². The average molecular weight is 455 g/mol. The van der Waals surface area contributed by atoms with Crippen LogP contribution in [0.1, 0.15) is 47.3 Å². The highest BCUT2D eigenvalue weighted by Gasteiger charge is 2.14. The molecule has 0 fully saturated rings. The van der Waals surface area contributed by atoms with E-state index in [2.05, 4.69) is 20.3 Å². The maximum Gasteiger partial charge on any atom is 0.274 e. The van der Waals surface area contributed by atoms with Crippen LogP contribution in [0.2, 0.25) is 0 Å². The van der Waals surface area contributed by atoms with Gasteiger partial charge >= 0.3 is 0 Å². The van der Waals surface area contributed by atoms with Crippen molar-refractivity contribution in [3.8, 4) is 0 Å². The predicted octanol–water partition coefficient (Wildman–Crippen LogP) is 4.87. The van der Waals surface area contributed by atoms with Crippen LogP contribution in [0.5, 0.6) is 0 Å². The summed E-state index contributed by atoms with van der Waals surface area (Å²) in [6, 6.07) is 6.51. The summed E-state index contributed by atoms with van der Waals surface area (Å²) < 4.78 is 30.7. The molecule has 0 radical (unpaired) electrons. The maximum atomic E-state index is 13.9. The molecule has 164 valence electrons. The van der Waals surface area contributed by atoms with Crippen molar-refractivity contribution in [2.75, 3.05) is 5.32 Å². The first kappa shape index (κ1) is 21.6. The van der Waals surface area contributed by atoms with Gasteiger partial charge < -0.3 is 9.13 Å². The molecule has 1 N–H and O–H groups in total. The monoisotopic (exact) mass is 454 g/mol. The number of aromatic nitrogens is 5. The molecule has 10 heteroatoms. The summed E-state index contributed by atoms with van der Waals surface area (Å²) >= 11 is 1.26. The lowest BCUT2D eigenvalue weighted by Gasteiger charge is -2.09. The van der Waals surface area contributed by atoms with E-state index in [1.165, 1.54) is 29.9 Å². The molecule has 32 heavy (non-hydrogen) atoms. The minimum absolute atomic E-state index is 0.0665. The van der Waals surface area contributed by atoms with Crippen LogP contribution in [0, 0.1) is 11.9 Å². The van der Waals surface area contributed by atoms with Gasteiger partial charge in [0.25, 0.3) is 5.91 Å². The van der Waals surface area contributed by atoms with Gasteiger partial charge in [0.15, 0.2) is 5.13 Å². The second-order valence-corrected chi connectivity index (χ2v) is 8.15. The van der Waals surface area contributed by atoms with Crippen molar-refractivity contribution in [3.63, 3.8) is 0 Å². The first-order valence-electron chi connectivity index (χ1n) is 9.83. The van der Waals surface area contributed by atoms with Crippen molar-refractivity contribution < 1.29 is 13.6 Å². The summed E-state index contributed by atoms with van der Waals surface area (Å²) in [6.45, 7) is 4.21. The Morgan fingerprint density at radius 2 is 2.09 bits per heavy atom. The van der Waals surface area contributed by atoms with Gasteiger partial charge in [0.05, 0.1) is 17.7 Å². The summed E-state index contributed by atoms with van der Waals surface area (Å²) in [5.41, 5.74) is 2.06. The van der Waals surface area contributed by atoms with Crippen LogP contribution in [0.15, 0.2) is 48.4 Å². The normalized spacial score (nSPS) is 11.5. The smallest absolute Gasteiger partial charge is 0.274 e. The molecule has 4 aromatic rings. The van der Waals surface area contributed by atoms with Gasteiger partial charge in [0.2, 0.25) is 11.9 Å². The van der Waals surface area contributed by atoms with Gasteiger partial charge in [-0.25, -0.2) is 15.0 Å². The van der Waals surface area contributed by atoms with E-state index in [1.54, 1.807) is 51.1 Å². The van der Waals surface area contributed by atoms with Crippen molar-refractivity contribution in [2.24, 2.45) is 0 Å². The molecule has 0 aliphatic rings. The van der Waals surface area contributed by atoms with Crippen LogP contribution in [-0.2, 0) is 6.54 Å². The van der Waals surface area contributed by atoms with Crippen molar-refractivity contribution >= 4 is 34.5 Å². The zero-order valence-corrected chi connectivity index (χ0v) is 18.2.